The van der Waals surface area contributed by atoms with Gasteiger partial charge in [-0.05, 0) is 57.8 Å². The van der Waals surface area contributed by atoms with Crippen LogP contribution in [-0.2, 0) is 38.1 Å². The van der Waals surface area contributed by atoms with Crippen molar-refractivity contribution in [3.8, 4) is 0 Å². The fourth-order valence-electron chi connectivity index (χ4n) is 5.23. The van der Waals surface area contributed by atoms with E-state index in [2.05, 4.69) is 0 Å². The van der Waals surface area contributed by atoms with E-state index < -0.39 is 48.7 Å². The van der Waals surface area contributed by atoms with E-state index >= 15 is 0 Å². The van der Waals surface area contributed by atoms with Crippen LogP contribution in [0.2, 0.25) is 0 Å². The Kier molecular flexibility index (Phi) is 6.72. The zero-order chi connectivity index (χ0) is 22.1. The van der Waals surface area contributed by atoms with Crippen molar-refractivity contribution in [1.82, 2.24) is 0 Å². The molecule has 2 saturated heterocycles. The van der Waals surface area contributed by atoms with Crippen LogP contribution in [-0.4, -0.2) is 49.3 Å². The first kappa shape index (κ1) is 22.6. The monoisotopic (exact) mass is 424 g/mol. The molecule has 0 radical (unpaired) electrons. The summed E-state index contributed by atoms with van der Waals surface area (Å²) < 4.78 is 21.0. The molecule has 168 valence electrons. The van der Waals surface area contributed by atoms with Crippen molar-refractivity contribution in [2.45, 2.75) is 72.0 Å². The molecule has 5 atom stereocenters. The molecule has 0 N–H and O–H groups in total. The summed E-state index contributed by atoms with van der Waals surface area (Å²) in [5, 5.41) is 0. The number of carbonyl (C=O) groups is 4. The van der Waals surface area contributed by atoms with Crippen molar-refractivity contribution in [3.63, 3.8) is 0 Å². The molecule has 0 aromatic heterocycles. The van der Waals surface area contributed by atoms with Crippen LogP contribution in [0.4, 0.5) is 0 Å². The third kappa shape index (κ3) is 5.32. The second-order valence-electron chi connectivity index (χ2n) is 9.91. The predicted molar refractivity (Wildman–Crippen MR) is 104 cm³/mol. The first-order chi connectivity index (χ1) is 14.0. The van der Waals surface area contributed by atoms with E-state index in [0.717, 1.165) is 12.8 Å². The molecule has 8 heteroatoms. The summed E-state index contributed by atoms with van der Waals surface area (Å²) in [7, 11) is 0. The summed E-state index contributed by atoms with van der Waals surface area (Å²) in [6.45, 7) is 6.41. The van der Waals surface area contributed by atoms with Gasteiger partial charge in [-0.1, -0.05) is 13.8 Å². The Morgan fingerprint density at radius 2 is 1.73 bits per heavy atom. The zero-order valence-electron chi connectivity index (χ0n) is 18.2. The predicted octanol–water partition coefficient (Wildman–Crippen LogP) is 2.42. The van der Waals surface area contributed by atoms with Crippen molar-refractivity contribution in [2.24, 2.45) is 29.1 Å². The van der Waals surface area contributed by atoms with Gasteiger partial charge in [-0.25, -0.2) is 9.59 Å². The second-order valence-corrected chi connectivity index (χ2v) is 9.91. The minimum Gasteiger partial charge on any atom is -0.458 e. The highest BCUT2D eigenvalue weighted by Crippen LogP contribution is 2.48. The highest BCUT2D eigenvalue weighted by molar-refractivity contribution is 5.81. The van der Waals surface area contributed by atoms with Gasteiger partial charge in [0.25, 0.3) is 0 Å². The molecule has 30 heavy (non-hydrogen) atoms. The van der Waals surface area contributed by atoms with E-state index in [1.807, 2.05) is 13.8 Å². The standard InChI is InChI=1S/C22H32O8/c1-12(2)9-22(3,4)21(26)28-10-17(23)27-11-18(24)30-19-14-5-13-6-15(8-14)20(25)29-16(19)7-13/h12-16,19H,5-11H2,1-4H3. The SMILES string of the molecule is CC(C)CC(C)(C)C(=O)OCC(=O)OCC(=O)OC1C2CC3CC(C2)C(=O)OC1C3. The van der Waals surface area contributed by atoms with Crippen molar-refractivity contribution < 1.29 is 38.1 Å². The molecular weight excluding hydrogens is 392 g/mol. The number of esters is 4. The molecule has 0 aromatic carbocycles. The first-order valence-electron chi connectivity index (χ1n) is 10.8. The lowest BCUT2D eigenvalue weighted by atomic mass is 9.67. The quantitative estimate of drug-likeness (QED) is 0.432. The van der Waals surface area contributed by atoms with Crippen LogP contribution in [0.5, 0.6) is 0 Å². The third-order valence-corrected chi connectivity index (χ3v) is 6.25. The van der Waals surface area contributed by atoms with Crippen LogP contribution >= 0.6 is 0 Å². The Bertz CT molecular complexity index is 697. The molecule has 4 aliphatic rings. The molecule has 0 aromatic rings. The average molecular weight is 424 g/mol. The van der Waals surface area contributed by atoms with Gasteiger partial charge in [-0.2, -0.15) is 0 Å². The van der Waals surface area contributed by atoms with E-state index in [1.54, 1.807) is 13.8 Å². The lowest BCUT2D eigenvalue weighted by molar-refractivity contribution is -0.180. The van der Waals surface area contributed by atoms with Crippen molar-refractivity contribution in [2.75, 3.05) is 13.2 Å². The molecule has 2 aliphatic heterocycles. The molecule has 0 spiro atoms. The largest absolute Gasteiger partial charge is 0.458 e. The van der Waals surface area contributed by atoms with E-state index in [4.69, 9.17) is 18.9 Å². The summed E-state index contributed by atoms with van der Waals surface area (Å²) in [4.78, 5) is 48.3. The summed E-state index contributed by atoms with van der Waals surface area (Å²) in [6, 6.07) is 0. The van der Waals surface area contributed by atoms with Crippen LogP contribution in [0.15, 0.2) is 0 Å². The van der Waals surface area contributed by atoms with Gasteiger partial charge in [0.1, 0.15) is 12.2 Å². The Morgan fingerprint density at radius 1 is 1.03 bits per heavy atom. The van der Waals surface area contributed by atoms with Gasteiger partial charge in [0, 0.05) is 5.92 Å². The molecule has 4 rings (SSSR count). The number of hydrogen-bond donors (Lipinski definition) is 0. The van der Waals surface area contributed by atoms with Crippen LogP contribution in [0, 0.1) is 29.1 Å². The molecule has 2 aliphatic carbocycles. The molecule has 0 amide bonds. The number of hydrogen-bond acceptors (Lipinski definition) is 8. The fourth-order valence-corrected chi connectivity index (χ4v) is 5.23. The Morgan fingerprint density at radius 3 is 2.43 bits per heavy atom. The normalized spacial score (nSPS) is 29.9. The van der Waals surface area contributed by atoms with Gasteiger partial charge in [-0.3, -0.25) is 9.59 Å². The first-order valence-corrected chi connectivity index (χ1v) is 10.8. The lowest BCUT2D eigenvalue weighted by Crippen LogP contribution is -2.45. The lowest BCUT2D eigenvalue weighted by Gasteiger charge is -2.41. The number of carbonyl (C=O) groups excluding carboxylic acids is 4. The summed E-state index contributed by atoms with van der Waals surface area (Å²) in [5.41, 5.74) is -0.706. The van der Waals surface area contributed by atoms with Crippen LogP contribution in [0.3, 0.4) is 0 Å². The van der Waals surface area contributed by atoms with Gasteiger partial charge >= 0.3 is 23.9 Å². The molecule has 4 fully saturated rings. The van der Waals surface area contributed by atoms with Crippen LogP contribution in [0.25, 0.3) is 0 Å². The second kappa shape index (κ2) is 8.94. The molecular formula is C22H32O8. The topological polar surface area (TPSA) is 105 Å². The molecule has 2 saturated carbocycles. The van der Waals surface area contributed by atoms with Crippen LogP contribution < -0.4 is 0 Å². The maximum atomic E-state index is 12.2. The number of rotatable bonds is 8. The Balaban J connectivity index is 1.42. The minimum absolute atomic E-state index is 0.0998. The summed E-state index contributed by atoms with van der Waals surface area (Å²) >= 11 is 0. The van der Waals surface area contributed by atoms with Gasteiger partial charge in [0.15, 0.2) is 13.2 Å². The van der Waals surface area contributed by atoms with Gasteiger partial charge in [-0.15, -0.1) is 0 Å². The maximum Gasteiger partial charge on any atom is 0.344 e. The molecule has 5 unspecified atom stereocenters. The molecule has 8 nitrogen and oxygen atoms in total. The molecule has 4 bridgehead atoms. The van der Waals surface area contributed by atoms with Gasteiger partial charge in [0.2, 0.25) is 0 Å². The Labute approximate surface area is 176 Å². The third-order valence-electron chi connectivity index (χ3n) is 6.25. The smallest absolute Gasteiger partial charge is 0.344 e. The zero-order valence-corrected chi connectivity index (χ0v) is 18.2. The van der Waals surface area contributed by atoms with E-state index in [0.29, 0.717) is 31.1 Å². The summed E-state index contributed by atoms with van der Waals surface area (Å²) in [6.07, 6.45) is 2.88. The molecule has 2 heterocycles. The number of ether oxygens (including phenoxy) is 4. The highest BCUT2D eigenvalue weighted by Gasteiger charge is 2.51. The van der Waals surface area contributed by atoms with Gasteiger partial charge < -0.3 is 18.9 Å². The fraction of sp³-hybridized carbons (Fsp3) is 0.818. The minimum atomic E-state index is -0.811. The van der Waals surface area contributed by atoms with E-state index in [9.17, 15) is 19.2 Å². The van der Waals surface area contributed by atoms with Crippen molar-refractivity contribution in [1.29, 1.82) is 0 Å². The number of fused-ring (bicyclic) bond motifs is 1. The maximum absolute atomic E-state index is 12.2. The Hall–Kier alpha value is -2.12. The van der Waals surface area contributed by atoms with Crippen molar-refractivity contribution >= 4 is 23.9 Å². The van der Waals surface area contributed by atoms with E-state index in [1.165, 1.54) is 0 Å². The van der Waals surface area contributed by atoms with Crippen LogP contribution in [0.1, 0.15) is 59.8 Å². The highest BCUT2D eigenvalue weighted by atomic mass is 16.6. The summed E-state index contributed by atoms with van der Waals surface area (Å²) in [5.74, 6) is -1.44. The van der Waals surface area contributed by atoms with Crippen molar-refractivity contribution in [3.05, 3.63) is 0 Å². The van der Waals surface area contributed by atoms with Gasteiger partial charge in [0.05, 0.1) is 11.3 Å². The van der Waals surface area contributed by atoms with E-state index in [-0.39, 0.29) is 17.8 Å². The average Bonchev–Trinajstić information content (AvgIpc) is 2.81.